The number of benzene rings is 2. The highest BCUT2D eigenvalue weighted by Crippen LogP contribution is 2.35. The van der Waals surface area contributed by atoms with Gasteiger partial charge >= 0.3 is 0 Å². The van der Waals surface area contributed by atoms with Crippen molar-refractivity contribution in [3.05, 3.63) is 58.9 Å². The smallest absolute Gasteiger partial charge is 0.200 e. The molecule has 2 aromatic carbocycles. The van der Waals surface area contributed by atoms with Crippen LogP contribution in [-0.4, -0.2) is 43.2 Å². The van der Waals surface area contributed by atoms with Crippen LogP contribution in [0.5, 0.6) is 17.2 Å². The molecule has 0 spiro atoms. The topological polar surface area (TPSA) is 121 Å². The Kier molecular flexibility index (Phi) is 7.37. The molecule has 0 aliphatic carbocycles. The number of ketones is 1. The van der Waals surface area contributed by atoms with E-state index in [1.165, 1.54) is 12.1 Å². The summed E-state index contributed by atoms with van der Waals surface area (Å²) in [5, 5.41) is 34.4. The molecule has 0 bridgehead atoms. The summed E-state index contributed by atoms with van der Waals surface area (Å²) in [4.78, 5) is 12.8. The molecular weight excluding hydrogens is 384 g/mol. The monoisotopic (exact) mass is 410 g/mol. The second-order valence-electron chi connectivity index (χ2n) is 7.04. The van der Waals surface area contributed by atoms with Gasteiger partial charge in [0.25, 0.3) is 0 Å². The average Bonchev–Trinajstić information content (AvgIpc) is 3.26. The Balaban J connectivity index is 1.64. The van der Waals surface area contributed by atoms with Gasteiger partial charge < -0.3 is 14.9 Å². The number of para-hydroxylation sites is 1. The van der Waals surface area contributed by atoms with E-state index in [4.69, 9.17) is 4.74 Å². The van der Waals surface area contributed by atoms with Gasteiger partial charge in [-0.2, -0.15) is 0 Å². The number of nitrogens with one attached hydrogen (secondary N) is 1. The minimum absolute atomic E-state index is 0.0829. The molecule has 0 radical (unpaired) electrons. The number of phenols is 2. The van der Waals surface area contributed by atoms with Gasteiger partial charge in [-0.1, -0.05) is 25.5 Å². The lowest BCUT2D eigenvalue weighted by molar-refractivity contribution is 0.103. The van der Waals surface area contributed by atoms with Crippen molar-refractivity contribution in [3.63, 3.8) is 0 Å². The van der Waals surface area contributed by atoms with Gasteiger partial charge in [-0.3, -0.25) is 4.79 Å². The van der Waals surface area contributed by atoms with Gasteiger partial charge in [-0.05, 0) is 60.4 Å². The Hall–Kier alpha value is -3.42. The number of H-pyrrole nitrogens is 1. The quantitative estimate of drug-likeness (QED) is 0.326. The van der Waals surface area contributed by atoms with Crippen LogP contribution in [0, 0.1) is 0 Å². The Morgan fingerprint density at radius 1 is 1.03 bits per heavy atom. The second kappa shape index (κ2) is 10.4. The molecular formula is C22H26N4O4. The third kappa shape index (κ3) is 5.14. The van der Waals surface area contributed by atoms with Crippen LogP contribution >= 0.6 is 0 Å². The minimum atomic E-state index is -0.420. The molecule has 0 saturated carbocycles. The molecule has 158 valence electrons. The third-order valence-electron chi connectivity index (χ3n) is 4.84. The van der Waals surface area contributed by atoms with Gasteiger partial charge in [0.2, 0.25) is 0 Å². The molecule has 0 saturated heterocycles. The molecule has 0 aliphatic heterocycles. The maximum Gasteiger partial charge on any atom is 0.200 e. The van der Waals surface area contributed by atoms with Crippen molar-refractivity contribution in [2.24, 2.45) is 0 Å². The van der Waals surface area contributed by atoms with Crippen LogP contribution in [-0.2, 0) is 12.8 Å². The maximum atomic E-state index is 12.8. The van der Waals surface area contributed by atoms with E-state index in [1.807, 2.05) is 6.92 Å². The first-order valence-electron chi connectivity index (χ1n) is 10.1. The van der Waals surface area contributed by atoms with Gasteiger partial charge in [0, 0.05) is 12.0 Å². The number of nitrogens with zero attached hydrogens (tertiary/aromatic N) is 3. The lowest BCUT2D eigenvalue weighted by Gasteiger charge is -2.15. The van der Waals surface area contributed by atoms with E-state index in [-0.39, 0.29) is 22.6 Å². The molecule has 3 aromatic rings. The van der Waals surface area contributed by atoms with Crippen LogP contribution in [0.25, 0.3) is 0 Å². The number of ether oxygens (including phenoxy) is 1. The number of aromatic nitrogens is 4. The SMILES string of the molecule is CCCc1c(OCCCCCc2nnn[nH]2)ccc(C(=O)c2ccccc2O)c1O. The lowest BCUT2D eigenvalue weighted by atomic mass is 9.97. The highest BCUT2D eigenvalue weighted by atomic mass is 16.5. The number of tetrazole rings is 1. The van der Waals surface area contributed by atoms with Gasteiger partial charge in [0.1, 0.15) is 23.1 Å². The largest absolute Gasteiger partial charge is 0.507 e. The van der Waals surface area contributed by atoms with E-state index in [0.717, 1.165) is 37.9 Å². The number of hydrogen-bond acceptors (Lipinski definition) is 7. The highest BCUT2D eigenvalue weighted by molar-refractivity contribution is 6.12. The van der Waals surface area contributed by atoms with Crippen LogP contribution in [0.3, 0.4) is 0 Å². The lowest BCUT2D eigenvalue weighted by Crippen LogP contribution is -2.06. The predicted octanol–water partition coefficient (Wildman–Crippen LogP) is 3.59. The number of phenolic OH excluding ortho intramolecular Hbond substituents is 2. The van der Waals surface area contributed by atoms with Gasteiger partial charge in [0.05, 0.1) is 17.7 Å². The van der Waals surface area contributed by atoms with E-state index in [1.54, 1.807) is 24.3 Å². The first kappa shape index (κ1) is 21.3. The van der Waals surface area contributed by atoms with Crippen molar-refractivity contribution in [1.82, 2.24) is 20.6 Å². The second-order valence-corrected chi connectivity index (χ2v) is 7.04. The Morgan fingerprint density at radius 2 is 1.87 bits per heavy atom. The molecule has 0 atom stereocenters. The fourth-order valence-electron chi connectivity index (χ4n) is 3.28. The summed E-state index contributed by atoms with van der Waals surface area (Å²) in [7, 11) is 0. The summed E-state index contributed by atoms with van der Waals surface area (Å²) in [6.07, 6.45) is 4.93. The highest BCUT2D eigenvalue weighted by Gasteiger charge is 2.21. The van der Waals surface area contributed by atoms with Crippen molar-refractivity contribution in [2.45, 2.75) is 45.4 Å². The zero-order valence-corrected chi connectivity index (χ0v) is 17.0. The standard InChI is InChI=1S/C22H26N4O4/c1-2-8-16-19(30-14-7-3-4-11-20-23-25-26-24-20)13-12-17(22(16)29)21(28)15-9-5-6-10-18(15)27/h5-6,9-10,12-13,27,29H,2-4,7-8,11,14H2,1H3,(H,23,24,25,26). The normalized spacial score (nSPS) is 10.8. The fraction of sp³-hybridized carbons (Fsp3) is 0.364. The zero-order chi connectivity index (χ0) is 21.3. The van der Waals surface area contributed by atoms with Crippen molar-refractivity contribution in [3.8, 4) is 17.2 Å². The van der Waals surface area contributed by atoms with Crippen molar-refractivity contribution < 1.29 is 19.7 Å². The summed E-state index contributed by atoms with van der Waals surface area (Å²) in [5.41, 5.74) is 0.936. The first-order valence-corrected chi connectivity index (χ1v) is 10.1. The van der Waals surface area contributed by atoms with E-state index in [2.05, 4.69) is 20.6 Å². The summed E-state index contributed by atoms with van der Waals surface area (Å²) in [6.45, 7) is 2.51. The van der Waals surface area contributed by atoms with Gasteiger partial charge in [-0.25, -0.2) is 5.10 Å². The molecule has 0 aliphatic rings. The minimum Gasteiger partial charge on any atom is -0.507 e. The Bertz CT molecular complexity index is 973. The maximum absolute atomic E-state index is 12.8. The number of aryl methyl sites for hydroxylation is 1. The van der Waals surface area contributed by atoms with E-state index in [0.29, 0.717) is 24.3 Å². The van der Waals surface area contributed by atoms with Gasteiger partial charge in [-0.15, -0.1) is 5.10 Å². The molecule has 8 heteroatoms. The van der Waals surface area contributed by atoms with Crippen LogP contribution in [0.1, 0.15) is 59.9 Å². The van der Waals surface area contributed by atoms with E-state index >= 15 is 0 Å². The Labute approximate surface area is 174 Å². The molecule has 1 aromatic heterocycles. The number of unbranched alkanes of at least 4 members (excludes halogenated alkanes) is 2. The summed E-state index contributed by atoms with van der Waals surface area (Å²) >= 11 is 0. The number of aromatic amines is 1. The van der Waals surface area contributed by atoms with Crippen molar-refractivity contribution in [1.29, 1.82) is 0 Å². The number of carbonyl (C=O) groups is 1. The number of carbonyl (C=O) groups excluding carboxylic acids is 1. The van der Waals surface area contributed by atoms with E-state index in [9.17, 15) is 15.0 Å². The fourth-order valence-corrected chi connectivity index (χ4v) is 3.28. The number of hydrogen-bond donors (Lipinski definition) is 3. The van der Waals surface area contributed by atoms with E-state index < -0.39 is 5.78 Å². The molecule has 8 nitrogen and oxygen atoms in total. The third-order valence-corrected chi connectivity index (χ3v) is 4.84. The number of rotatable bonds is 11. The van der Waals surface area contributed by atoms with Crippen LogP contribution < -0.4 is 4.74 Å². The molecule has 0 fully saturated rings. The number of aromatic hydroxyl groups is 2. The molecule has 1 heterocycles. The average molecular weight is 410 g/mol. The van der Waals surface area contributed by atoms with Crippen LogP contribution in [0.15, 0.2) is 36.4 Å². The molecule has 3 rings (SSSR count). The molecule has 0 amide bonds. The molecule has 3 N–H and O–H groups in total. The van der Waals surface area contributed by atoms with Crippen LogP contribution in [0.4, 0.5) is 0 Å². The molecule has 0 unspecified atom stereocenters. The Morgan fingerprint density at radius 3 is 2.60 bits per heavy atom. The van der Waals surface area contributed by atoms with Crippen molar-refractivity contribution >= 4 is 5.78 Å². The zero-order valence-electron chi connectivity index (χ0n) is 17.0. The van der Waals surface area contributed by atoms with Crippen LogP contribution in [0.2, 0.25) is 0 Å². The van der Waals surface area contributed by atoms with Crippen molar-refractivity contribution in [2.75, 3.05) is 6.61 Å². The van der Waals surface area contributed by atoms with Gasteiger partial charge in [0.15, 0.2) is 5.78 Å². The summed E-state index contributed by atoms with van der Waals surface area (Å²) in [5.74, 6) is 0.746. The summed E-state index contributed by atoms with van der Waals surface area (Å²) < 4.78 is 5.90. The predicted molar refractivity (Wildman–Crippen MR) is 111 cm³/mol. The summed E-state index contributed by atoms with van der Waals surface area (Å²) in [6, 6.07) is 9.58. The first-order chi connectivity index (χ1) is 14.6. The molecule has 30 heavy (non-hydrogen) atoms.